The van der Waals surface area contributed by atoms with Crippen molar-refractivity contribution in [1.29, 1.82) is 0 Å². The molecule has 0 spiro atoms. The summed E-state index contributed by atoms with van der Waals surface area (Å²) in [7, 11) is 1.63. The van der Waals surface area contributed by atoms with E-state index in [2.05, 4.69) is 10.3 Å². The Morgan fingerprint density at radius 1 is 1.19 bits per heavy atom. The lowest BCUT2D eigenvalue weighted by atomic mass is 10.1. The van der Waals surface area contributed by atoms with E-state index in [0.717, 1.165) is 16.8 Å². The number of halogens is 2. The first-order valence-electron chi connectivity index (χ1n) is 10.1. The van der Waals surface area contributed by atoms with Crippen LogP contribution in [-0.2, 0) is 11.3 Å². The molecule has 0 aliphatic heterocycles. The summed E-state index contributed by atoms with van der Waals surface area (Å²) >= 11 is 0. The predicted octanol–water partition coefficient (Wildman–Crippen LogP) is 3.31. The van der Waals surface area contributed by atoms with Crippen LogP contribution in [0.5, 0.6) is 0 Å². The molecule has 2 aromatic carbocycles. The number of hydrogen-bond acceptors (Lipinski definition) is 6. The Balaban J connectivity index is 1.63. The highest BCUT2D eigenvalue weighted by Gasteiger charge is 2.22. The molecule has 3 aromatic rings. The monoisotopic (exact) mass is 445 g/mol. The number of pyridine rings is 1. The first-order chi connectivity index (χ1) is 15.4. The zero-order valence-electron chi connectivity index (χ0n) is 17.5. The highest BCUT2D eigenvalue weighted by Crippen LogP contribution is 2.18. The molecule has 9 heteroatoms. The van der Waals surface area contributed by atoms with Crippen LogP contribution in [0.15, 0.2) is 54.7 Å². The zero-order chi connectivity index (χ0) is 23.1. The summed E-state index contributed by atoms with van der Waals surface area (Å²) in [6, 6.07) is 12.6. The summed E-state index contributed by atoms with van der Waals surface area (Å²) in [6.07, 6.45) is -0.117. The van der Waals surface area contributed by atoms with Gasteiger partial charge in [-0.3, -0.25) is 10.2 Å². The van der Waals surface area contributed by atoms with Gasteiger partial charge in [0, 0.05) is 29.7 Å². The third-order valence-corrected chi connectivity index (χ3v) is 5.10. The van der Waals surface area contributed by atoms with E-state index in [0.29, 0.717) is 5.82 Å². The smallest absolute Gasteiger partial charge is 0.412 e. The van der Waals surface area contributed by atoms with Crippen molar-refractivity contribution >= 4 is 22.7 Å². The van der Waals surface area contributed by atoms with Gasteiger partial charge in [0.15, 0.2) is 11.6 Å². The number of amides is 1. The number of aromatic nitrogens is 1. The molecule has 3 rings (SSSR count). The molecule has 0 saturated carbocycles. The van der Waals surface area contributed by atoms with Gasteiger partial charge in [-0.15, -0.1) is 0 Å². The van der Waals surface area contributed by atoms with E-state index >= 15 is 0 Å². The molecule has 7 nitrogen and oxygen atoms in total. The largest absolute Gasteiger partial charge is 0.448 e. The molecular formula is C23H25F2N3O4. The second kappa shape index (κ2) is 10.9. The van der Waals surface area contributed by atoms with Crippen LogP contribution in [0.25, 0.3) is 10.8 Å². The Hall–Kier alpha value is -3.14. The summed E-state index contributed by atoms with van der Waals surface area (Å²) in [5.41, 5.74) is 0.126. The molecule has 0 radical (unpaired) electrons. The number of anilines is 1. The number of carbonyl (C=O) groups is 1. The Kier molecular flexibility index (Phi) is 8.04. The van der Waals surface area contributed by atoms with Crippen LogP contribution in [0.4, 0.5) is 19.4 Å². The maximum absolute atomic E-state index is 14.0. The highest BCUT2D eigenvalue weighted by molar-refractivity contribution is 5.89. The minimum atomic E-state index is -1.06. The maximum atomic E-state index is 14.0. The van der Waals surface area contributed by atoms with Crippen LogP contribution in [0.3, 0.4) is 0 Å². The van der Waals surface area contributed by atoms with Crippen molar-refractivity contribution in [2.75, 3.05) is 25.6 Å². The van der Waals surface area contributed by atoms with Gasteiger partial charge in [0.1, 0.15) is 12.4 Å². The first-order valence-corrected chi connectivity index (χ1v) is 10.1. The van der Waals surface area contributed by atoms with Crippen LogP contribution in [0.1, 0.15) is 12.0 Å². The molecule has 2 unspecified atom stereocenters. The summed E-state index contributed by atoms with van der Waals surface area (Å²) in [6.45, 7) is -0.612. The van der Waals surface area contributed by atoms with Crippen LogP contribution in [0, 0.1) is 11.6 Å². The molecule has 170 valence electrons. The second-order valence-corrected chi connectivity index (χ2v) is 7.49. The van der Waals surface area contributed by atoms with Crippen molar-refractivity contribution in [3.63, 3.8) is 0 Å². The topological polar surface area (TPSA) is 94.9 Å². The molecule has 1 amide bonds. The maximum Gasteiger partial charge on any atom is 0.412 e. The number of benzene rings is 2. The first kappa shape index (κ1) is 23.5. The average molecular weight is 445 g/mol. The minimum Gasteiger partial charge on any atom is -0.448 e. The van der Waals surface area contributed by atoms with Gasteiger partial charge >= 0.3 is 6.09 Å². The van der Waals surface area contributed by atoms with E-state index in [-0.39, 0.29) is 25.1 Å². The number of aliphatic hydroxyl groups is 2. The van der Waals surface area contributed by atoms with Crippen molar-refractivity contribution in [2.24, 2.45) is 0 Å². The molecule has 2 atom stereocenters. The third-order valence-electron chi connectivity index (χ3n) is 5.10. The van der Waals surface area contributed by atoms with E-state index in [9.17, 15) is 23.8 Å². The molecule has 0 bridgehead atoms. The number of nitrogens with one attached hydrogen (secondary N) is 1. The average Bonchev–Trinajstić information content (AvgIpc) is 2.79. The van der Waals surface area contributed by atoms with Crippen LogP contribution in [0.2, 0.25) is 0 Å². The molecular weight excluding hydrogens is 420 g/mol. The zero-order valence-corrected chi connectivity index (χ0v) is 17.5. The number of fused-ring (bicyclic) bond motifs is 1. The molecule has 1 heterocycles. The van der Waals surface area contributed by atoms with Crippen molar-refractivity contribution < 1.29 is 28.5 Å². The van der Waals surface area contributed by atoms with Crippen LogP contribution in [-0.4, -0.2) is 58.6 Å². The Bertz CT molecular complexity index is 1070. The van der Waals surface area contributed by atoms with Crippen molar-refractivity contribution in [1.82, 2.24) is 9.88 Å². The number of hydrogen-bond donors (Lipinski definition) is 3. The van der Waals surface area contributed by atoms with Crippen LogP contribution >= 0.6 is 0 Å². The number of rotatable bonds is 9. The predicted molar refractivity (Wildman–Crippen MR) is 116 cm³/mol. The molecule has 0 aliphatic carbocycles. The summed E-state index contributed by atoms with van der Waals surface area (Å²) in [4.78, 5) is 18.1. The van der Waals surface area contributed by atoms with E-state index in [1.54, 1.807) is 24.2 Å². The molecule has 0 aliphatic rings. The number of aliphatic hydroxyl groups excluding tert-OH is 2. The lowest BCUT2D eigenvalue weighted by Crippen LogP contribution is -2.40. The van der Waals surface area contributed by atoms with E-state index in [1.165, 1.54) is 12.1 Å². The Morgan fingerprint density at radius 2 is 1.94 bits per heavy atom. The lowest BCUT2D eigenvalue weighted by molar-refractivity contribution is 0.0379. The SMILES string of the molecule is CN(Cc1cccc(F)c1F)C(COC(=O)Nc1cc2ccccc2cn1)CC(O)CO. The Morgan fingerprint density at radius 3 is 2.69 bits per heavy atom. The summed E-state index contributed by atoms with van der Waals surface area (Å²) in [5.74, 6) is -1.60. The number of nitrogens with zero attached hydrogens (tertiary/aromatic N) is 2. The number of carbonyl (C=O) groups excluding carboxylic acids is 1. The fourth-order valence-corrected chi connectivity index (χ4v) is 3.30. The lowest BCUT2D eigenvalue weighted by Gasteiger charge is -2.29. The van der Waals surface area contributed by atoms with Crippen molar-refractivity contribution in [2.45, 2.75) is 25.1 Å². The van der Waals surface area contributed by atoms with E-state index in [1.807, 2.05) is 24.3 Å². The molecule has 0 fully saturated rings. The molecule has 32 heavy (non-hydrogen) atoms. The normalized spacial score (nSPS) is 13.2. The third kappa shape index (κ3) is 6.19. The van der Waals surface area contributed by atoms with Crippen molar-refractivity contribution in [3.05, 3.63) is 71.9 Å². The number of likely N-dealkylation sites (N-methyl/N-ethyl adjacent to an activating group) is 1. The van der Waals surface area contributed by atoms with Gasteiger partial charge in [0.2, 0.25) is 0 Å². The fourth-order valence-electron chi connectivity index (χ4n) is 3.30. The van der Waals surface area contributed by atoms with E-state index in [4.69, 9.17) is 4.74 Å². The Labute approximate surface area is 184 Å². The van der Waals surface area contributed by atoms with Crippen molar-refractivity contribution in [3.8, 4) is 0 Å². The summed E-state index contributed by atoms with van der Waals surface area (Å²) in [5, 5.41) is 23.4. The van der Waals surface area contributed by atoms with Crippen LogP contribution < -0.4 is 5.32 Å². The van der Waals surface area contributed by atoms with Gasteiger partial charge in [-0.2, -0.15) is 0 Å². The fraction of sp³-hybridized carbons (Fsp3) is 0.304. The minimum absolute atomic E-state index is 0.0175. The quantitative estimate of drug-likeness (QED) is 0.468. The second-order valence-electron chi connectivity index (χ2n) is 7.49. The van der Waals surface area contributed by atoms with Gasteiger partial charge in [-0.25, -0.2) is 18.6 Å². The van der Waals surface area contributed by atoms with Gasteiger partial charge in [-0.1, -0.05) is 36.4 Å². The van der Waals surface area contributed by atoms with Gasteiger partial charge in [-0.05, 0) is 31.0 Å². The number of ether oxygens (including phenoxy) is 1. The molecule has 3 N–H and O–H groups in total. The summed E-state index contributed by atoms with van der Waals surface area (Å²) < 4.78 is 32.8. The van der Waals surface area contributed by atoms with Gasteiger partial charge < -0.3 is 14.9 Å². The highest BCUT2D eigenvalue weighted by atomic mass is 19.2. The molecule has 1 aromatic heterocycles. The van der Waals surface area contributed by atoms with Gasteiger partial charge in [0.25, 0.3) is 0 Å². The standard InChI is InChI=1S/C23H25F2N3O4/c1-28(12-17-7-4-8-20(24)22(17)25)18(10-19(30)13-29)14-32-23(31)27-21-9-15-5-2-3-6-16(15)11-26-21/h2-9,11,18-19,29-30H,10,12-14H2,1H3,(H,26,27,31). The van der Waals surface area contributed by atoms with E-state index < -0.39 is 36.5 Å². The van der Waals surface area contributed by atoms with Gasteiger partial charge in [0.05, 0.1) is 12.7 Å². The molecule has 0 saturated heterocycles.